The summed E-state index contributed by atoms with van der Waals surface area (Å²) < 4.78 is 2.62. The Balaban J connectivity index is 1.67. The topological polar surface area (TPSA) is 25.8 Å². The van der Waals surface area contributed by atoms with Gasteiger partial charge >= 0.3 is 0 Å². The first-order chi connectivity index (χ1) is 13.8. The van der Waals surface area contributed by atoms with Gasteiger partial charge in [-0.2, -0.15) is 0 Å². The smallest absolute Gasteiger partial charge is 0.126 e. The van der Waals surface area contributed by atoms with Crippen molar-refractivity contribution in [3.8, 4) is 11.3 Å². The molecule has 2 heterocycles. The van der Waals surface area contributed by atoms with Crippen molar-refractivity contribution >= 4 is 53.2 Å². The molecule has 0 unspecified atom stereocenters. The van der Waals surface area contributed by atoms with Gasteiger partial charge in [0.15, 0.2) is 0 Å². The molecule has 0 radical (unpaired) electrons. The zero-order valence-electron chi connectivity index (χ0n) is 15.3. The van der Waals surface area contributed by atoms with Gasteiger partial charge in [0.05, 0.1) is 11.2 Å². The van der Waals surface area contributed by atoms with E-state index in [1.54, 1.807) is 0 Å². The van der Waals surface area contributed by atoms with Crippen molar-refractivity contribution in [3.63, 3.8) is 0 Å². The van der Waals surface area contributed by atoms with Gasteiger partial charge in [-0.25, -0.2) is 9.97 Å². The summed E-state index contributed by atoms with van der Waals surface area (Å²) in [6.07, 6.45) is 0. The Bertz CT molecular complexity index is 1530. The van der Waals surface area contributed by atoms with Gasteiger partial charge in [0.2, 0.25) is 0 Å². The highest BCUT2D eigenvalue weighted by Gasteiger charge is 2.13. The highest BCUT2D eigenvalue weighted by molar-refractivity contribution is 7.25. The quantitative estimate of drug-likeness (QED) is 0.285. The molecule has 0 fully saturated rings. The lowest BCUT2D eigenvalue weighted by atomic mass is 10.0. The van der Waals surface area contributed by atoms with Crippen molar-refractivity contribution in [3.05, 3.63) is 84.7 Å². The van der Waals surface area contributed by atoms with Crippen LogP contribution in [0.5, 0.6) is 0 Å². The van der Waals surface area contributed by atoms with E-state index in [-0.39, 0.29) is 0 Å². The van der Waals surface area contributed by atoms with Crippen LogP contribution in [0.4, 0.5) is 0 Å². The molecule has 0 amide bonds. The largest absolute Gasteiger partial charge is 0.233 e. The number of hydrogen-bond donors (Lipinski definition) is 0. The molecule has 0 aliphatic carbocycles. The van der Waals surface area contributed by atoms with E-state index in [4.69, 9.17) is 9.97 Å². The summed E-state index contributed by atoms with van der Waals surface area (Å²) in [5, 5.41) is 6.12. The maximum absolute atomic E-state index is 4.83. The van der Waals surface area contributed by atoms with Gasteiger partial charge in [-0.3, -0.25) is 0 Å². The maximum Gasteiger partial charge on any atom is 0.126 e. The predicted octanol–water partition coefficient (Wildman–Crippen LogP) is 7.13. The molecule has 0 atom stereocenters. The first-order valence-corrected chi connectivity index (χ1v) is 10.2. The highest BCUT2D eigenvalue weighted by Crippen LogP contribution is 2.37. The van der Waals surface area contributed by atoms with Crippen LogP contribution in [-0.4, -0.2) is 9.97 Å². The van der Waals surface area contributed by atoms with Crippen molar-refractivity contribution in [2.45, 2.75) is 6.92 Å². The fourth-order valence-corrected chi connectivity index (χ4v) is 5.21. The van der Waals surface area contributed by atoms with Crippen LogP contribution in [0.2, 0.25) is 0 Å². The van der Waals surface area contributed by atoms with Crippen LogP contribution < -0.4 is 0 Å². The lowest BCUT2D eigenvalue weighted by molar-refractivity contribution is 1.10. The average Bonchev–Trinajstić information content (AvgIpc) is 3.11. The molecule has 4 aromatic carbocycles. The van der Waals surface area contributed by atoms with E-state index >= 15 is 0 Å². The van der Waals surface area contributed by atoms with E-state index in [0.29, 0.717) is 0 Å². The van der Waals surface area contributed by atoms with Crippen molar-refractivity contribution in [1.82, 2.24) is 9.97 Å². The minimum absolute atomic E-state index is 0.801. The van der Waals surface area contributed by atoms with E-state index in [0.717, 1.165) is 28.0 Å². The molecule has 2 aromatic heterocycles. The number of benzene rings is 4. The summed E-state index contributed by atoms with van der Waals surface area (Å²) >= 11 is 1.84. The maximum atomic E-state index is 4.83. The van der Waals surface area contributed by atoms with Gasteiger partial charge < -0.3 is 0 Å². The molecule has 6 rings (SSSR count). The summed E-state index contributed by atoms with van der Waals surface area (Å²) in [4.78, 5) is 9.61. The molecular weight excluding hydrogens is 360 g/mol. The molecular formula is C25H16N2S. The van der Waals surface area contributed by atoms with Crippen molar-refractivity contribution < 1.29 is 0 Å². The number of aromatic nitrogens is 2. The molecule has 0 aliphatic rings. The summed E-state index contributed by atoms with van der Waals surface area (Å²) in [6.45, 7) is 1.97. The van der Waals surface area contributed by atoms with Crippen LogP contribution in [0, 0.1) is 6.92 Å². The van der Waals surface area contributed by atoms with E-state index in [1.165, 1.54) is 30.9 Å². The standard InChI is InChI=1S/C25H16N2S/c1-15-26-24(21-13-10-16-6-2-3-7-18(16)25(21)27-15)17-11-12-20-19-8-4-5-9-22(19)28-23(20)14-17/h2-14H,1H3. The third-order valence-electron chi connectivity index (χ3n) is 5.36. The molecule has 0 saturated carbocycles. The van der Waals surface area contributed by atoms with E-state index < -0.39 is 0 Å². The second kappa shape index (κ2) is 5.85. The van der Waals surface area contributed by atoms with Crippen LogP contribution in [0.15, 0.2) is 78.9 Å². The normalized spacial score (nSPS) is 11.8. The molecule has 0 saturated heterocycles. The Morgan fingerprint density at radius 3 is 2.32 bits per heavy atom. The van der Waals surface area contributed by atoms with Gasteiger partial charge in [0.25, 0.3) is 0 Å². The van der Waals surface area contributed by atoms with Crippen LogP contribution >= 0.6 is 11.3 Å². The second-order valence-corrected chi connectivity index (χ2v) is 8.20. The van der Waals surface area contributed by atoms with Crippen LogP contribution in [-0.2, 0) is 0 Å². The van der Waals surface area contributed by atoms with Gasteiger partial charge in [-0.05, 0) is 30.5 Å². The molecule has 0 spiro atoms. The number of rotatable bonds is 1. The first-order valence-electron chi connectivity index (χ1n) is 9.36. The Kier molecular flexibility index (Phi) is 3.28. The molecule has 0 aliphatic heterocycles. The molecule has 6 aromatic rings. The van der Waals surface area contributed by atoms with Crippen LogP contribution in [0.3, 0.4) is 0 Å². The molecule has 0 N–H and O–H groups in total. The third-order valence-corrected chi connectivity index (χ3v) is 6.49. The fourth-order valence-electron chi connectivity index (χ4n) is 4.07. The number of hydrogen-bond acceptors (Lipinski definition) is 3. The average molecular weight is 376 g/mol. The Labute approximate surface area is 166 Å². The molecule has 3 heteroatoms. The van der Waals surface area contributed by atoms with Crippen molar-refractivity contribution in [2.75, 3.05) is 0 Å². The van der Waals surface area contributed by atoms with Crippen LogP contribution in [0.25, 0.3) is 53.1 Å². The number of fused-ring (bicyclic) bond motifs is 6. The summed E-state index contributed by atoms with van der Waals surface area (Å²) in [5.74, 6) is 0.801. The zero-order valence-corrected chi connectivity index (χ0v) is 16.1. The lowest BCUT2D eigenvalue weighted by Crippen LogP contribution is -1.94. The third kappa shape index (κ3) is 2.26. The first kappa shape index (κ1) is 15.7. The minimum Gasteiger partial charge on any atom is -0.233 e. The number of aryl methyl sites for hydroxylation is 1. The van der Waals surface area contributed by atoms with E-state index in [2.05, 4.69) is 78.9 Å². The van der Waals surface area contributed by atoms with E-state index in [1.807, 2.05) is 18.3 Å². The monoisotopic (exact) mass is 376 g/mol. The highest BCUT2D eigenvalue weighted by atomic mass is 32.1. The second-order valence-electron chi connectivity index (χ2n) is 7.11. The Hall–Kier alpha value is -3.30. The summed E-state index contributed by atoms with van der Waals surface area (Å²) in [5.41, 5.74) is 3.18. The summed E-state index contributed by atoms with van der Waals surface area (Å²) in [6, 6.07) is 28.0. The minimum atomic E-state index is 0.801. The van der Waals surface area contributed by atoms with Gasteiger partial charge in [-0.15, -0.1) is 11.3 Å². The molecule has 2 nitrogen and oxygen atoms in total. The van der Waals surface area contributed by atoms with Gasteiger partial charge in [-0.1, -0.05) is 60.7 Å². The van der Waals surface area contributed by atoms with Crippen LogP contribution in [0.1, 0.15) is 5.82 Å². The van der Waals surface area contributed by atoms with Gasteiger partial charge in [0, 0.05) is 36.5 Å². The summed E-state index contributed by atoms with van der Waals surface area (Å²) in [7, 11) is 0. The van der Waals surface area contributed by atoms with Crippen molar-refractivity contribution in [2.24, 2.45) is 0 Å². The molecule has 0 bridgehead atoms. The Morgan fingerprint density at radius 1 is 0.643 bits per heavy atom. The SMILES string of the molecule is Cc1nc(-c2ccc3c(c2)sc2ccccc23)c2ccc3ccccc3c2n1. The molecule has 28 heavy (non-hydrogen) atoms. The zero-order chi connectivity index (χ0) is 18.7. The predicted molar refractivity (Wildman–Crippen MR) is 120 cm³/mol. The lowest BCUT2D eigenvalue weighted by Gasteiger charge is -2.10. The van der Waals surface area contributed by atoms with E-state index in [9.17, 15) is 0 Å². The Morgan fingerprint density at radius 2 is 1.39 bits per heavy atom. The molecule has 132 valence electrons. The fraction of sp³-hybridized carbons (Fsp3) is 0.0400. The number of thiophene rings is 1. The number of nitrogens with zero attached hydrogens (tertiary/aromatic N) is 2. The van der Waals surface area contributed by atoms with Crippen molar-refractivity contribution in [1.29, 1.82) is 0 Å². The van der Waals surface area contributed by atoms with Gasteiger partial charge in [0.1, 0.15) is 5.82 Å².